The summed E-state index contributed by atoms with van der Waals surface area (Å²) < 4.78 is 25.7. The fourth-order valence-electron chi connectivity index (χ4n) is 8.60. The lowest BCUT2D eigenvalue weighted by Gasteiger charge is -2.22. The van der Waals surface area contributed by atoms with Gasteiger partial charge in [0, 0.05) is 19.0 Å². The van der Waals surface area contributed by atoms with Crippen LogP contribution in [0.5, 0.6) is 6.01 Å². The van der Waals surface area contributed by atoms with Gasteiger partial charge in [0.2, 0.25) is 0 Å². The lowest BCUT2D eigenvalue weighted by atomic mass is 10.0. The van der Waals surface area contributed by atoms with Crippen LogP contribution in [0, 0.1) is 5.41 Å². The first-order chi connectivity index (χ1) is 28.5. The number of hydrogen-bond acceptors (Lipinski definition) is 8. The third-order valence-corrected chi connectivity index (χ3v) is 12.3. The zero-order valence-corrected chi connectivity index (χ0v) is 37.5. The van der Waals surface area contributed by atoms with Gasteiger partial charge in [0.15, 0.2) is 23.9 Å². The average Bonchev–Trinajstić information content (AvgIpc) is 3.74. The molecule has 1 aromatic rings. The van der Waals surface area contributed by atoms with Crippen LogP contribution < -0.4 is 10.2 Å². The van der Waals surface area contributed by atoms with E-state index in [2.05, 4.69) is 18.8 Å². The van der Waals surface area contributed by atoms with Crippen LogP contribution in [0.3, 0.4) is 0 Å². The molecule has 9 nitrogen and oxygen atoms in total. The molecule has 334 valence electrons. The van der Waals surface area contributed by atoms with Crippen molar-refractivity contribution in [3.8, 4) is 6.01 Å². The van der Waals surface area contributed by atoms with Gasteiger partial charge in [0.05, 0.1) is 0 Å². The number of ether oxygens (including phenoxy) is 4. The zero-order chi connectivity index (χ0) is 41.3. The Labute approximate surface area is 354 Å². The van der Waals surface area contributed by atoms with Gasteiger partial charge in [-0.25, -0.2) is 0 Å². The predicted octanol–water partition coefficient (Wildman–Crippen LogP) is 13.6. The number of carbonyl (C=O) groups is 2. The van der Waals surface area contributed by atoms with Crippen LogP contribution in [0.1, 0.15) is 251 Å². The zero-order valence-electron chi connectivity index (χ0n) is 37.5. The van der Waals surface area contributed by atoms with E-state index in [4.69, 9.17) is 24.4 Å². The summed E-state index contributed by atoms with van der Waals surface area (Å²) in [6.07, 6.45) is 44.0. The van der Waals surface area contributed by atoms with Crippen molar-refractivity contribution in [2.75, 3.05) is 6.61 Å². The fraction of sp³-hybridized carbons (Fsp3) is 0.878. The molecule has 1 N–H and O–H groups in total. The molecule has 0 amide bonds. The third-order valence-electron chi connectivity index (χ3n) is 12.3. The summed E-state index contributed by atoms with van der Waals surface area (Å²) >= 11 is 0. The molecule has 2 aliphatic heterocycles. The first-order valence-electron chi connectivity index (χ1n) is 24.8. The van der Waals surface area contributed by atoms with Gasteiger partial charge in [-0.05, 0) is 18.9 Å². The van der Waals surface area contributed by atoms with E-state index in [1.54, 1.807) is 16.8 Å². The Balaban J connectivity index is 1.22. The smallest absolute Gasteiger partial charge is 0.306 e. The minimum absolute atomic E-state index is 0.00503. The van der Waals surface area contributed by atoms with Gasteiger partial charge in [0.25, 0.3) is 0 Å². The number of nitrogens with one attached hydrogen (secondary N) is 1. The van der Waals surface area contributed by atoms with E-state index in [0.717, 1.165) is 38.5 Å². The number of aromatic nitrogens is 2. The van der Waals surface area contributed by atoms with Crippen molar-refractivity contribution in [3.63, 3.8) is 0 Å². The van der Waals surface area contributed by atoms with Gasteiger partial charge >= 0.3 is 17.9 Å². The van der Waals surface area contributed by atoms with Crippen molar-refractivity contribution in [1.82, 2.24) is 9.55 Å². The van der Waals surface area contributed by atoms with E-state index in [1.165, 1.54) is 180 Å². The Hall–Kier alpha value is -2.42. The maximum atomic E-state index is 13.0. The molecule has 0 bridgehead atoms. The summed E-state index contributed by atoms with van der Waals surface area (Å²) in [6.45, 7) is 4.56. The molecule has 1 aromatic heterocycles. The molecule has 0 spiro atoms. The highest BCUT2D eigenvalue weighted by atomic mass is 16.7. The summed E-state index contributed by atoms with van der Waals surface area (Å²) in [5, 5.41) is 7.88. The van der Waals surface area contributed by atoms with Crippen molar-refractivity contribution in [3.05, 3.63) is 17.8 Å². The third kappa shape index (κ3) is 22.3. The number of nitrogens with zero attached hydrogens (tertiary/aromatic N) is 2. The molecule has 3 heterocycles. The molecule has 4 atom stereocenters. The van der Waals surface area contributed by atoms with Crippen LogP contribution >= 0.6 is 0 Å². The van der Waals surface area contributed by atoms with E-state index in [1.807, 2.05) is 0 Å². The van der Waals surface area contributed by atoms with Gasteiger partial charge in [-0.15, -0.1) is 0 Å². The van der Waals surface area contributed by atoms with Gasteiger partial charge in [-0.1, -0.05) is 219 Å². The first kappa shape index (κ1) is 49.9. The topological polar surface area (TPSA) is 113 Å². The van der Waals surface area contributed by atoms with Gasteiger partial charge in [-0.3, -0.25) is 19.6 Å². The highest BCUT2D eigenvalue weighted by Crippen LogP contribution is 2.40. The summed E-state index contributed by atoms with van der Waals surface area (Å²) in [5.41, 5.74) is 0.0911. The summed E-state index contributed by atoms with van der Waals surface area (Å²) in [7, 11) is 0. The molecule has 0 unspecified atom stereocenters. The monoisotopic (exact) mass is 814 g/mol. The Bertz CT molecular complexity index is 1240. The molecule has 0 radical (unpaired) electrons. The average molecular weight is 814 g/mol. The molecule has 0 saturated carbocycles. The van der Waals surface area contributed by atoms with Crippen LogP contribution in [0.4, 0.5) is 0 Å². The molecule has 2 aliphatic rings. The van der Waals surface area contributed by atoms with Crippen LogP contribution in [0.15, 0.2) is 12.3 Å². The molecule has 0 aliphatic carbocycles. The second-order valence-electron chi connectivity index (χ2n) is 17.6. The van der Waals surface area contributed by atoms with E-state index in [0.29, 0.717) is 12.8 Å². The molecular formula is C49H87N3O6. The summed E-state index contributed by atoms with van der Waals surface area (Å²) in [4.78, 5) is 29.9. The van der Waals surface area contributed by atoms with Crippen molar-refractivity contribution in [2.45, 2.75) is 270 Å². The summed E-state index contributed by atoms with van der Waals surface area (Å²) in [6, 6.07) is 1.84. The van der Waals surface area contributed by atoms with Gasteiger partial charge in [0.1, 0.15) is 12.7 Å². The van der Waals surface area contributed by atoms with E-state index in [9.17, 15) is 9.59 Å². The van der Waals surface area contributed by atoms with Crippen molar-refractivity contribution < 1.29 is 28.5 Å². The molecule has 3 rings (SSSR count). The van der Waals surface area contributed by atoms with E-state index in [-0.39, 0.29) is 30.0 Å². The standard InChI is InChI=1S/C49H87N3O6/c1-3-5-7-9-11-13-15-17-19-21-23-25-27-29-31-33-35-37-44(53)55-41-42-46(47-48(56-42)52-40-39-43(50)51-49(52)58-47)57-45(54)38-36-34-32-30-28-26-24-22-20-18-16-14-12-10-8-6-4-2/h39-40,42,46-48,50H,3-38,41H2,1-2H3/t42-,46-,47+,48-/m1/s1. The van der Waals surface area contributed by atoms with Crippen LogP contribution in [-0.2, 0) is 23.8 Å². The van der Waals surface area contributed by atoms with Crippen molar-refractivity contribution in [2.24, 2.45) is 0 Å². The maximum absolute atomic E-state index is 13.0. The summed E-state index contributed by atoms with van der Waals surface area (Å²) in [5.74, 6) is -0.529. The fourth-order valence-corrected chi connectivity index (χ4v) is 8.60. The lowest BCUT2D eigenvalue weighted by molar-refractivity contribution is -0.160. The normalized spacial score (nSPS) is 18.2. The van der Waals surface area contributed by atoms with Gasteiger partial charge in [-0.2, -0.15) is 4.98 Å². The van der Waals surface area contributed by atoms with Crippen LogP contribution in [-0.4, -0.2) is 46.4 Å². The molecule has 9 heteroatoms. The number of carbonyl (C=O) groups excluding carboxylic acids is 2. The molecular weight excluding hydrogens is 727 g/mol. The Morgan fingerprint density at radius 2 is 0.966 bits per heavy atom. The molecule has 0 aromatic carbocycles. The van der Waals surface area contributed by atoms with Crippen LogP contribution in [0.25, 0.3) is 0 Å². The van der Waals surface area contributed by atoms with Crippen molar-refractivity contribution in [1.29, 1.82) is 5.41 Å². The Kier molecular flexibility index (Phi) is 28.7. The number of esters is 2. The maximum Gasteiger partial charge on any atom is 0.306 e. The first-order valence-corrected chi connectivity index (χ1v) is 24.8. The van der Waals surface area contributed by atoms with E-state index >= 15 is 0 Å². The van der Waals surface area contributed by atoms with Crippen LogP contribution in [0.2, 0.25) is 0 Å². The van der Waals surface area contributed by atoms with Crippen molar-refractivity contribution >= 4 is 11.9 Å². The van der Waals surface area contributed by atoms with Gasteiger partial charge < -0.3 is 18.9 Å². The Morgan fingerprint density at radius 1 is 0.586 bits per heavy atom. The van der Waals surface area contributed by atoms with E-state index < -0.39 is 24.5 Å². The number of unbranched alkanes of at least 4 members (excludes halogenated alkanes) is 32. The SMILES string of the molecule is CCCCCCCCCCCCCCCCCCCC(=O)OC[C@H]1O[C@@H]2[C@@H](Oc3nc(=N)ccn32)[C@@H]1OC(=O)CCCCCCCCCCCCCCCCCCC. The lowest BCUT2D eigenvalue weighted by Crippen LogP contribution is -2.40. The molecule has 58 heavy (non-hydrogen) atoms. The quantitative estimate of drug-likeness (QED) is 0.0520. The number of fused-ring (bicyclic) bond motifs is 3. The molecule has 1 saturated heterocycles. The highest BCUT2D eigenvalue weighted by Gasteiger charge is 2.54. The second kappa shape index (κ2) is 33.3. The second-order valence-corrected chi connectivity index (χ2v) is 17.6. The number of hydrogen-bond donors (Lipinski definition) is 1. The molecule has 1 fully saturated rings. The minimum atomic E-state index is -0.729. The highest BCUT2D eigenvalue weighted by molar-refractivity contribution is 5.70. The Morgan fingerprint density at radius 3 is 1.38 bits per heavy atom. The minimum Gasteiger partial charge on any atom is -0.463 e. The predicted molar refractivity (Wildman–Crippen MR) is 235 cm³/mol. The largest absolute Gasteiger partial charge is 0.463 e. The number of rotatable bonds is 39.